The molecule has 0 unspecified atom stereocenters. The van der Waals surface area contributed by atoms with Crippen LogP contribution in [-0.4, -0.2) is 6.54 Å². The summed E-state index contributed by atoms with van der Waals surface area (Å²) in [7, 11) is 0. The molecule has 0 radical (unpaired) electrons. The summed E-state index contributed by atoms with van der Waals surface area (Å²) >= 11 is 0. The van der Waals surface area contributed by atoms with Gasteiger partial charge in [-0.05, 0) is 43.5 Å². The maximum Gasteiger partial charge on any atom is 0 e. The highest BCUT2D eigenvalue weighted by Gasteiger charge is 2.01. The van der Waals surface area contributed by atoms with E-state index in [0.717, 1.165) is 6.42 Å². The normalized spacial score (nSPS) is 10.6. The Hall–Kier alpha value is -1.08. The van der Waals surface area contributed by atoms with E-state index in [1.54, 1.807) is 0 Å². The molecule has 0 saturated heterocycles. The van der Waals surface area contributed by atoms with Gasteiger partial charge in [0.2, 0.25) is 0 Å². The van der Waals surface area contributed by atoms with E-state index in [1.807, 2.05) is 13.8 Å². The molecular formula is C14H25N. The van der Waals surface area contributed by atoms with Gasteiger partial charge in [0.1, 0.15) is 0 Å². The van der Waals surface area contributed by atoms with E-state index in [2.05, 4.69) is 44.2 Å². The molecule has 15 heavy (non-hydrogen) atoms. The number of nitrogens with two attached hydrogens (primary N) is 1. The minimum atomic E-state index is 0. The van der Waals surface area contributed by atoms with Crippen molar-refractivity contribution in [3.8, 4) is 0 Å². The fraction of sp³-hybridized carbons (Fsp3) is 0.429. The lowest BCUT2D eigenvalue weighted by molar-refractivity contribution is 1.02. The van der Waals surface area contributed by atoms with Gasteiger partial charge in [-0.25, -0.2) is 0 Å². The Morgan fingerprint density at radius 1 is 1.33 bits per heavy atom. The van der Waals surface area contributed by atoms with Crippen molar-refractivity contribution in [1.82, 2.24) is 0 Å². The lowest BCUT2D eigenvalue weighted by Gasteiger charge is -2.08. The molecule has 1 heteroatoms. The van der Waals surface area contributed by atoms with Crippen molar-refractivity contribution in [2.45, 2.75) is 34.1 Å². The minimum absolute atomic E-state index is 0. The molecule has 0 bridgehead atoms. The Morgan fingerprint density at radius 3 is 2.40 bits per heavy atom. The minimum Gasteiger partial charge on any atom is -0.330 e. The van der Waals surface area contributed by atoms with Crippen LogP contribution in [0.1, 0.15) is 39.7 Å². The summed E-state index contributed by atoms with van der Waals surface area (Å²) in [6.07, 6.45) is 3.11. The van der Waals surface area contributed by atoms with Crippen LogP contribution in [0.4, 0.5) is 0 Å². The Morgan fingerprint density at radius 2 is 1.93 bits per heavy atom. The van der Waals surface area contributed by atoms with E-state index < -0.39 is 0 Å². The van der Waals surface area contributed by atoms with Gasteiger partial charge < -0.3 is 5.73 Å². The fourth-order valence-corrected chi connectivity index (χ4v) is 1.52. The van der Waals surface area contributed by atoms with Gasteiger partial charge in [-0.2, -0.15) is 0 Å². The van der Waals surface area contributed by atoms with Crippen molar-refractivity contribution in [3.05, 3.63) is 41.5 Å². The second kappa shape index (κ2) is 8.25. The first kappa shape index (κ1) is 13.9. The maximum atomic E-state index is 5.55. The highest BCUT2D eigenvalue weighted by Crippen LogP contribution is 2.20. The van der Waals surface area contributed by atoms with Crippen LogP contribution in [0.15, 0.2) is 30.3 Å². The molecule has 0 atom stereocenters. The molecule has 0 aliphatic heterocycles. The summed E-state index contributed by atoms with van der Waals surface area (Å²) in [5.74, 6) is 0. The molecule has 0 aromatic heterocycles. The lowest BCUT2D eigenvalue weighted by atomic mass is 9.98. The van der Waals surface area contributed by atoms with Gasteiger partial charge in [0.15, 0.2) is 0 Å². The van der Waals surface area contributed by atoms with Gasteiger partial charge in [0.05, 0.1) is 0 Å². The molecule has 0 fully saturated rings. The van der Waals surface area contributed by atoms with E-state index in [-0.39, 0.29) is 1.43 Å². The van der Waals surface area contributed by atoms with Crippen molar-refractivity contribution in [2.75, 3.05) is 6.54 Å². The van der Waals surface area contributed by atoms with Crippen LogP contribution >= 0.6 is 0 Å². The number of benzene rings is 1. The van der Waals surface area contributed by atoms with Gasteiger partial charge in [0.25, 0.3) is 0 Å². The Labute approximate surface area is 95.5 Å². The van der Waals surface area contributed by atoms with Crippen LogP contribution in [0.2, 0.25) is 0 Å². The Balaban J connectivity index is 0. The van der Waals surface area contributed by atoms with Gasteiger partial charge in [-0.3, -0.25) is 0 Å². The fourth-order valence-electron chi connectivity index (χ4n) is 1.52. The second-order valence-corrected chi connectivity index (χ2v) is 3.17. The quantitative estimate of drug-likeness (QED) is 0.796. The van der Waals surface area contributed by atoms with Gasteiger partial charge in [-0.15, -0.1) is 0 Å². The number of allylic oxidation sites excluding steroid dienone is 1. The number of hydrogen-bond acceptors (Lipinski definition) is 1. The first-order valence-electron chi connectivity index (χ1n) is 5.71. The van der Waals surface area contributed by atoms with Crippen LogP contribution in [0.3, 0.4) is 0 Å². The summed E-state index contributed by atoms with van der Waals surface area (Å²) in [6.45, 7) is 8.92. The number of aryl methyl sites for hydroxylation is 1. The van der Waals surface area contributed by atoms with Crippen molar-refractivity contribution >= 4 is 5.57 Å². The number of hydrogen-bond donors (Lipinski definition) is 1. The molecule has 0 saturated carbocycles. The zero-order chi connectivity index (χ0) is 11.7. The third kappa shape index (κ3) is 4.30. The zero-order valence-corrected chi connectivity index (χ0v) is 10.4. The standard InChI is InChI=1S/C12H17N.C2H6.H2/c1-3-11(8-9-13)12-7-5-4-6-10(12)2;1-2;/h3-7H,8-9,13H2,1-2H3;1-2H3;1H/b11-3-;;. The van der Waals surface area contributed by atoms with Crippen LogP contribution < -0.4 is 5.73 Å². The van der Waals surface area contributed by atoms with E-state index in [9.17, 15) is 0 Å². The third-order valence-corrected chi connectivity index (χ3v) is 2.25. The topological polar surface area (TPSA) is 26.0 Å². The average Bonchev–Trinajstić information content (AvgIpc) is 2.30. The van der Waals surface area contributed by atoms with Crippen molar-refractivity contribution in [1.29, 1.82) is 0 Å². The highest BCUT2D eigenvalue weighted by molar-refractivity contribution is 5.67. The smallest absolute Gasteiger partial charge is 0 e. The first-order valence-corrected chi connectivity index (χ1v) is 5.71. The van der Waals surface area contributed by atoms with Crippen molar-refractivity contribution in [2.24, 2.45) is 5.73 Å². The summed E-state index contributed by atoms with van der Waals surface area (Å²) in [5.41, 5.74) is 9.55. The zero-order valence-electron chi connectivity index (χ0n) is 10.4. The third-order valence-electron chi connectivity index (χ3n) is 2.25. The molecular weight excluding hydrogens is 182 g/mol. The predicted molar refractivity (Wildman–Crippen MR) is 72.0 cm³/mol. The first-order chi connectivity index (χ1) is 7.29. The summed E-state index contributed by atoms with van der Waals surface area (Å²) < 4.78 is 0. The van der Waals surface area contributed by atoms with Crippen molar-refractivity contribution < 1.29 is 1.43 Å². The van der Waals surface area contributed by atoms with Gasteiger partial charge in [-0.1, -0.05) is 44.2 Å². The lowest BCUT2D eigenvalue weighted by Crippen LogP contribution is -2.00. The molecule has 0 aliphatic carbocycles. The molecule has 0 amide bonds. The average molecular weight is 207 g/mol. The molecule has 1 nitrogen and oxygen atoms in total. The van der Waals surface area contributed by atoms with Crippen LogP contribution in [0.5, 0.6) is 0 Å². The van der Waals surface area contributed by atoms with Gasteiger partial charge in [0, 0.05) is 1.43 Å². The summed E-state index contributed by atoms with van der Waals surface area (Å²) in [4.78, 5) is 0. The number of rotatable bonds is 3. The Kier molecular flexibility index (Phi) is 7.65. The molecule has 2 N–H and O–H groups in total. The molecule has 0 spiro atoms. The van der Waals surface area contributed by atoms with E-state index in [0.29, 0.717) is 6.54 Å². The predicted octanol–water partition coefficient (Wildman–Crippen LogP) is 4.02. The molecule has 1 aromatic rings. The Bertz CT molecular complexity index is 305. The van der Waals surface area contributed by atoms with Crippen molar-refractivity contribution in [3.63, 3.8) is 0 Å². The van der Waals surface area contributed by atoms with Crippen LogP contribution in [0.25, 0.3) is 5.57 Å². The second-order valence-electron chi connectivity index (χ2n) is 3.17. The SMILES string of the molecule is C/C=C(/CCN)c1ccccc1C.CC.[HH]. The van der Waals surface area contributed by atoms with Crippen LogP contribution in [0, 0.1) is 6.92 Å². The summed E-state index contributed by atoms with van der Waals surface area (Å²) in [6, 6.07) is 8.42. The highest BCUT2D eigenvalue weighted by atomic mass is 14.5. The molecule has 86 valence electrons. The molecule has 1 rings (SSSR count). The van der Waals surface area contributed by atoms with Gasteiger partial charge >= 0.3 is 0 Å². The molecule has 0 aliphatic rings. The molecule has 1 aromatic carbocycles. The van der Waals surface area contributed by atoms with E-state index in [1.165, 1.54) is 16.7 Å². The van der Waals surface area contributed by atoms with Crippen LogP contribution in [-0.2, 0) is 0 Å². The largest absolute Gasteiger partial charge is 0.330 e. The van der Waals surface area contributed by atoms with E-state index in [4.69, 9.17) is 5.73 Å². The summed E-state index contributed by atoms with van der Waals surface area (Å²) in [5, 5.41) is 0. The van der Waals surface area contributed by atoms with E-state index >= 15 is 0 Å². The molecule has 0 heterocycles. The maximum absolute atomic E-state index is 5.55. The monoisotopic (exact) mass is 207 g/mol.